The molecule has 6 rings (SSSR count). The van der Waals surface area contributed by atoms with Gasteiger partial charge in [0.1, 0.15) is 16.7 Å². The zero-order valence-corrected chi connectivity index (χ0v) is 21.4. The molecular formula is C25H29N13O. The minimum Gasteiger partial charge on any atom is -0.339 e. The van der Waals surface area contributed by atoms with Crippen LogP contribution >= 0.6 is 0 Å². The van der Waals surface area contributed by atoms with Crippen LogP contribution in [-0.2, 0) is 6.54 Å². The molecule has 0 unspecified atom stereocenters. The van der Waals surface area contributed by atoms with Gasteiger partial charge in [0, 0.05) is 44.3 Å². The van der Waals surface area contributed by atoms with E-state index in [4.69, 9.17) is 10.2 Å². The lowest BCUT2D eigenvalue weighted by atomic mass is 9.96. The molecule has 5 heterocycles. The summed E-state index contributed by atoms with van der Waals surface area (Å²) in [7, 11) is 0. The van der Waals surface area contributed by atoms with Crippen molar-refractivity contribution in [1.29, 1.82) is 5.26 Å². The smallest absolute Gasteiger partial charge is 0.277 e. The molecule has 2 aliphatic rings. The highest BCUT2D eigenvalue weighted by molar-refractivity contribution is 5.90. The number of likely N-dealkylation sites (tertiary alicyclic amines) is 1. The maximum absolute atomic E-state index is 12.7. The summed E-state index contributed by atoms with van der Waals surface area (Å²) >= 11 is 0. The van der Waals surface area contributed by atoms with Crippen molar-refractivity contribution in [3.8, 4) is 6.07 Å². The number of piperazine rings is 1. The molecule has 200 valence electrons. The van der Waals surface area contributed by atoms with Gasteiger partial charge in [-0.1, -0.05) is 17.3 Å². The first-order chi connectivity index (χ1) is 19.2. The maximum Gasteiger partial charge on any atom is 0.277 e. The van der Waals surface area contributed by atoms with E-state index in [1.165, 1.54) is 5.56 Å². The number of aromatic amines is 2. The number of benzene rings is 1. The Morgan fingerprint density at radius 1 is 1.03 bits per heavy atom. The van der Waals surface area contributed by atoms with Crippen molar-refractivity contribution in [2.75, 3.05) is 56.0 Å². The summed E-state index contributed by atoms with van der Waals surface area (Å²) in [6.45, 7) is 6.14. The Balaban J connectivity index is 1.15. The molecule has 3 N–H and O–H groups in total. The van der Waals surface area contributed by atoms with Crippen LogP contribution in [0.15, 0.2) is 35.3 Å². The number of nitriles is 1. The molecule has 2 aliphatic heterocycles. The van der Waals surface area contributed by atoms with Gasteiger partial charge in [-0.15, -0.1) is 10.2 Å². The molecule has 39 heavy (non-hydrogen) atoms. The molecule has 0 saturated carbocycles. The third-order valence-corrected chi connectivity index (χ3v) is 7.39. The lowest BCUT2D eigenvalue weighted by Gasteiger charge is -2.33. The zero-order valence-electron chi connectivity index (χ0n) is 21.4. The minimum absolute atomic E-state index is 0.346. The lowest BCUT2D eigenvalue weighted by Crippen LogP contribution is -2.47. The van der Waals surface area contributed by atoms with Gasteiger partial charge in [-0.25, -0.2) is 10.1 Å². The van der Waals surface area contributed by atoms with Gasteiger partial charge in [0.25, 0.3) is 5.56 Å². The maximum atomic E-state index is 12.7. The molecule has 0 atom stereocenters. The van der Waals surface area contributed by atoms with Crippen LogP contribution in [0.3, 0.4) is 0 Å². The molecule has 1 aromatic carbocycles. The van der Waals surface area contributed by atoms with Crippen LogP contribution in [0.2, 0.25) is 0 Å². The van der Waals surface area contributed by atoms with Gasteiger partial charge < -0.3 is 10.2 Å². The molecule has 14 heteroatoms. The molecule has 14 nitrogen and oxygen atoms in total. The normalized spacial score (nSPS) is 17.4. The van der Waals surface area contributed by atoms with Gasteiger partial charge in [0.15, 0.2) is 5.82 Å². The average Bonchev–Trinajstić information content (AvgIpc) is 3.50. The van der Waals surface area contributed by atoms with Gasteiger partial charge in [-0.2, -0.15) is 20.6 Å². The van der Waals surface area contributed by atoms with Gasteiger partial charge in [-0.05, 0) is 43.6 Å². The standard InChI is InChI=1S/C25H29N13O/c26-7-10-36-11-13-38(14-12-36)25-29-20-15-27-33-24(39)21(20)23(30-25)28-19-3-1-17(2-4-19)16-37-8-5-18(6-9-37)22-31-34-35-32-22/h1-4,15,18H,5-6,8-14,16H2,(H,33,39)(H,28,29,30)(H,31,32,34,35). The second-order valence-electron chi connectivity index (χ2n) is 9.90. The number of hydrogen-bond acceptors (Lipinski definition) is 12. The first-order valence-corrected chi connectivity index (χ1v) is 13.1. The second kappa shape index (κ2) is 11.1. The van der Waals surface area contributed by atoms with Gasteiger partial charge in [0.05, 0.1) is 18.8 Å². The third kappa shape index (κ3) is 5.54. The fraction of sp³-hybridized carbons (Fsp3) is 0.440. The van der Waals surface area contributed by atoms with E-state index in [2.05, 4.69) is 74.0 Å². The van der Waals surface area contributed by atoms with Crippen molar-refractivity contribution in [2.24, 2.45) is 0 Å². The highest BCUT2D eigenvalue weighted by Crippen LogP contribution is 2.27. The van der Waals surface area contributed by atoms with Crippen molar-refractivity contribution in [1.82, 2.24) is 50.6 Å². The van der Waals surface area contributed by atoms with E-state index in [1.54, 1.807) is 6.20 Å². The Bertz CT molecular complexity index is 1500. The molecule has 2 fully saturated rings. The van der Waals surface area contributed by atoms with Gasteiger partial charge in [0.2, 0.25) is 5.95 Å². The summed E-state index contributed by atoms with van der Waals surface area (Å²) in [4.78, 5) is 28.6. The molecule has 0 aliphatic carbocycles. The zero-order chi connectivity index (χ0) is 26.6. The molecule has 0 radical (unpaired) electrons. The first-order valence-electron chi connectivity index (χ1n) is 13.1. The van der Waals surface area contributed by atoms with Crippen LogP contribution in [0.25, 0.3) is 10.9 Å². The summed E-state index contributed by atoms with van der Waals surface area (Å²) in [6, 6.07) is 10.4. The van der Waals surface area contributed by atoms with Gasteiger partial charge >= 0.3 is 0 Å². The monoisotopic (exact) mass is 527 g/mol. The van der Waals surface area contributed by atoms with E-state index in [-0.39, 0.29) is 5.56 Å². The second-order valence-corrected chi connectivity index (χ2v) is 9.90. The van der Waals surface area contributed by atoms with E-state index in [0.29, 0.717) is 48.2 Å². The summed E-state index contributed by atoms with van der Waals surface area (Å²) < 4.78 is 0. The van der Waals surface area contributed by atoms with E-state index >= 15 is 0 Å². The van der Waals surface area contributed by atoms with Crippen LogP contribution < -0.4 is 15.8 Å². The number of nitrogens with one attached hydrogen (secondary N) is 3. The molecule has 3 aromatic heterocycles. The van der Waals surface area contributed by atoms with Crippen molar-refractivity contribution in [3.05, 3.63) is 52.2 Å². The highest BCUT2D eigenvalue weighted by atomic mass is 16.1. The van der Waals surface area contributed by atoms with Crippen molar-refractivity contribution in [2.45, 2.75) is 25.3 Å². The Kier molecular flexibility index (Phi) is 7.07. The van der Waals surface area contributed by atoms with Crippen LogP contribution in [0.4, 0.5) is 17.5 Å². The van der Waals surface area contributed by atoms with Crippen molar-refractivity contribution < 1.29 is 0 Å². The van der Waals surface area contributed by atoms with Crippen LogP contribution in [0.1, 0.15) is 30.1 Å². The average molecular weight is 528 g/mol. The highest BCUT2D eigenvalue weighted by Gasteiger charge is 2.24. The molecule has 0 bridgehead atoms. The number of nitrogens with zero attached hydrogens (tertiary/aromatic N) is 10. The van der Waals surface area contributed by atoms with Gasteiger partial charge in [-0.3, -0.25) is 14.6 Å². The lowest BCUT2D eigenvalue weighted by molar-refractivity contribution is 0.201. The first kappa shape index (κ1) is 24.8. The number of piperidine rings is 1. The van der Waals surface area contributed by atoms with E-state index in [1.807, 2.05) is 12.1 Å². The minimum atomic E-state index is -0.346. The Morgan fingerprint density at radius 3 is 2.54 bits per heavy atom. The predicted octanol–water partition coefficient (Wildman–Crippen LogP) is 0.995. The molecule has 4 aromatic rings. The fourth-order valence-electron chi connectivity index (χ4n) is 5.21. The Labute approximate surface area is 224 Å². The molecule has 2 saturated heterocycles. The van der Waals surface area contributed by atoms with Crippen LogP contribution in [-0.4, -0.2) is 96.4 Å². The number of H-pyrrole nitrogens is 2. The van der Waals surface area contributed by atoms with Crippen molar-refractivity contribution >= 4 is 28.4 Å². The number of aromatic nitrogens is 8. The summed E-state index contributed by atoms with van der Waals surface area (Å²) in [5.41, 5.74) is 2.17. The molecular weight excluding hydrogens is 498 g/mol. The predicted molar refractivity (Wildman–Crippen MR) is 143 cm³/mol. The summed E-state index contributed by atoms with van der Waals surface area (Å²) in [5, 5.41) is 33.6. The largest absolute Gasteiger partial charge is 0.339 e. The number of rotatable bonds is 7. The van der Waals surface area contributed by atoms with Crippen LogP contribution in [0, 0.1) is 11.3 Å². The molecule has 0 spiro atoms. The number of fused-ring (bicyclic) bond motifs is 1. The SMILES string of the molecule is N#CCN1CCN(c2nc(Nc3ccc(CN4CCC(c5nn[nH]n5)CC4)cc3)c3c(=O)[nH]ncc3n2)CC1. The summed E-state index contributed by atoms with van der Waals surface area (Å²) in [5.74, 6) is 2.14. The topological polar surface area (TPSA) is 172 Å². The Morgan fingerprint density at radius 2 is 1.82 bits per heavy atom. The van der Waals surface area contributed by atoms with Crippen molar-refractivity contribution in [3.63, 3.8) is 0 Å². The van der Waals surface area contributed by atoms with E-state index in [0.717, 1.165) is 57.1 Å². The van der Waals surface area contributed by atoms with E-state index in [9.17, 15) is 4.79 Å². The Hall–Kier alpha value is -4.48. The van der Waals surface area contributed by atoms with E-state index < -0.39 is 0 Å². The number of anilines is 3. The third-order valence-electron chi connectivity index (χ3n) is 7.39. The summed E-state index contributed by atoms with van der Waals surface area (Å²) in [6.07, 6.45) is 3.57. The quantitative estimate of drug-likeness (QED) is 0.292. The van der Waals surface area contributed by atoms with Crippen LogP contribution in [0.5, 0.6) is 0 Å². The fourth-order valence-corrected chi connectivity index (χ4v) is 5.21. The number of hydrogen-bond donors (Lipinski definition) is 3. The molecule has 0 amide bonds. The number of tetrazole rings is 1.